The molecule has 1 saturated carbocycles. The number of hydrogen-bond donors (Lipinski definition) is 0. The fraction of sp³-hybridized carbons (Fsp3) is 0.400. The van der Waals surface area contributed by atoms with Crippen molar-refractivity contribution in [2.45, 2.75) is 32.1 Å². The quantitative estimate of drug-likeness (QED) is 0.801. The number of ketones is 3. The van der Waals surface area contributed by atoms with Crippen LogP contribution in [-0.2, 0) is 14.4 Å². The molecule has 0 amide bonds. The standard InChI is InChI=1S/C15H14Cl2O3/c1-2-12(18)15-13(19)5-8(6-14(15)20)10-4-3-9(16)7-11(10)17/h3-4,7-8,15H,2,5-6H2,1H3. The van der Waals surface area contributed by atoms with E-state index < -0.39 is 5.92 Å². The highest BCUT2D eigenvalue weighted by Crippen LogP contribution is 2.36. The van der Waals surface area contributed by atoms with Gasteiger partial charge in [0.25, 0.3) is 0 Å². The first kappa shape index (κ1) is 15.2. The maximum atomic E-state index is 12.1. The Kier molecular flexibility index (Phi) is 4.61. The zero-order chi connectivity index (χ0) is 14.9. The van der Waals surface area contributed by atoms with Crippen LogP contribution in [0.15, 0.2) is 18.2 Å². The second-order valence-electron chi connectivity index (χ2n) is 4.96. The van der Waals surface area contributed by atoms with Gasteiger partial charge in [0.2, 0.25) is 0 Å². The summed E-state index contributed by atoms with van der Waals surface area (Å²) in [5.41, 5.74) is 0.736. The maximum absolute atomic E-state index is 12.1. The zero-order valence-corrected chi connectivity index (χ0v) is 12.5. The second kappa shape index (κ2) is 6.06. The minimum absolute atomic E-state index is 0.170. The molecule has 0 bridgehead atoms. The smallest absolute Gasteiger partial charge is 0.151 e. The summed E-state index contributed by atoms with van der Waals surface area (Å²) in [6.07, 6.45) is 0.543. The summed E-state index contributed by atoms with van der Waals surface area (Å²) in [6, 6.07) is 5.01. The van der Waals surface area contributed by atoms with Gasteiger partial charge in [0.05, 0.1) is 0 Å². The van der Waals surface area contributed by atoms with E-state index in [9.17, 15) is 14.4 Å². The third kappa shape index (κ3) is 2.94. The third-order valence-corrected chi connectivity index (χ3v) is 4.17. The van der Waals surface area contributed by atoms with Crippen LogP contribution in [0.5, 0.6) is 0 Å². The predicted octanol–water partition coefficient (Wildman–Crippen LogP) is 3.60. The van der Waals surface area contributed by atoms with E-state index in [4.69, 9.17) is 23.2 Å². The highest BCUT2D eigenvalue weighted by atomic mass is 35.5. The molecule has 2 rings (SSSR count). The molecule has 1 aromatic carbocycles. The van der Waals surface area contributed by atoms with E-state index in [-0.39, 0.29) is 42.5 Å². The van der Waals surface area contributed by atoms with Crippen molar-refractivity contribution < 1.29 is 14.4 Å². The summed E-state index contributed by atoms with van der Waals surface area (Å²) in [5.74, 6) is -2.23. The lowest BCUT2D eigenvalue weighted by molar-refractivity contribution is -0.142. The Labute approximate surface area is 127 Å². The van der Waals surface area contributed by atoms with Crippen molar-refractivity contribution in [1.82, 2.24) is 0 Å². The van der Waals surface area contributed by atoms with Crippen molar-refractivity contribution in [2.75, 3.05) is 0 Å². The summed E-state index contributed by atoms with van der Waals surface area (Å²) >= 11 is 11.9. The molecule has 0 spiro atoms. The monoisotopic (exact) mass is 312 g/mol. The molecule has 0 unspecified atom stereocenters. The van der Waals surface area contributed by atoms with Gasteiger partial charge in [-0.1, -0.05) is 36.2 Å². The Morgan fingerprint density at radius 3 is 2.30 bits per heavy atom. The van der Waals surface area contributed by atoms with Gasteiger partial charge in [0, 0.05) is 29.3 Å². The van der Waals surface area contributed by atoms with Crippen LogP contribution in [-0.4, -0.2) is 17.3 Å². The van der Waals surface area contributed by atoms with Crippen molar-refractivity contribution in [2.24, 2.45) is 5.92 Å². The highest BCUT2D eigenvalue weighted by molar-refractivity contribution is 6.35. The van der Waals surface area contributed by atoms with E-state index in [0.29, 0.717) is 10.0 Å². The van der Waals surface area contributed by atoms with Gasteiger partial charge >= 0.3 is 0 Å². The fourth-order valence-corrected chi connectivity index (χ4v) is 3.15. The first-order valence-electron chi connectivity index (χ1n) is 6.47. The Hall–Kier alpha value is -1.19. The van der Waals surface area contributed by atoms with Crippen LogP contribution < -0.4 is 0 Å². The van der Waals surface area contributed by atoms with Crippen LogP contribution >= 0.6 is 23.2 Å². The van der Waals surface area contributed by atoms with Gasteiger partial charge in [-0.15, -0.1) is 0 Å². The molecule has 5 heteroatoms. The minimum Gasteiger partial charge on any atom is -0.298 e. The molecule has 0 aliphatic heterocycles. The molecule has 1 aliphatic carbocycles. The maximum Gasteiger partial charge on any atom is 0.151 e. The molecule has 106 valence electrons. The molecule has 0 radical (unpaired) electrons. The third-order valence-electron chi connectivity index (χ3n) is 3.61. The van der Waals surface area contributed by atoms with Crippen LogP contribution in [0.25, 0.3) is 0 Å². The highest BCUT2D eigenvalue weighted by Gasteiger charge is 2.39. The van der Waals surface area contributed by atoms with Crippen LogP contribution in [0.4, 0.5) is 0 Å². The van der Waals surface area contributed by atoms with E-state index in [1.165, 1.54) is 0 Å². The van der Waals surface area contributed by atoms with Crippen LogP contribution in [0.1, 0.15) is 37.7 Å². The molecule has 0 N–H and O–H groups in total. The molecule has 1 aliphatic rings. The predicted molar refractivity (Wildman–Crippen MR) is 77.2 cm³/mol. The molecule has 0 heterocycles. The minimum atomic E-state index is -1.07. The van der Waals surface area contributed by atoms with Crippen LogP contribution in [0.2, 0.25) is 10.0 Å². The Morgan fingerprint density at radius 1 is 1.20 bits per heavy atom. The molecule has 20 heavy (non-hydrogen) atoms. The lowest BCUT2D eigenvalue weighted by Gasteiger charge is -2.26. The first-order chi connectivity index (χ1) is 9.43. The van der Waals surface area contributed by atoms with E-state index in [1.54, 1.807) is 25.1 Å². The summed E-state index contributed by atoms with van der Waals surface area (Å²) in [6.45, 7) is 1.66. The summed E-state index contributed by atoms with van der Waals surface area (Å²) in [4.78, 5) is 35.8. The van der Waals surface area contributed by atoms with Gasteiger partial charge in [-0.3, -0.25) is 14.4 Å². The molecular formula is C15H14Cl2O3. The van der Waals surface area contributed by atoms with Gasteiger partial charge in [-0.05, 0) is 23.6 Å². The molecule has 3 nitrogen and oxygen atoms in total. The van der Waals surface area contributed by atoms with Gasteiger partial charge in [0.15, 0.2) is 17.3 Å². The number of Topliss-reactive ketones (excluding diaryl/α,β-unsaturated/α-hetero) is 3. The average Bonchev–Trinajstić information content (AvgIpc) is 2.37. The van der Waals surface area contributed by atoms with Crippen LogP contribution in [0.3, 0.4) is 0 Å². The first-order valence-corrected chi connectivity index (χ1v) is 7.22. The van der Waals surface area contributed by atoms with Gasteiger partial charge in [-0.2, -0.15) is 0 Å². The number of carbonyl (C=O) groups excluding carboxylic acids is 3. The molecule has 1 aromatic rings. The number of carbonyl (C=O) groups is 3. The molecule has 1 fully saturated rings. The second-order valence-corrected chi connectivity index (χ2v) is 5.80. The summed E-state index contributed by atoms with van der Waals surface area (Å²) in [5, 5.41) is 0.953. The number of hydrogen-bond acceptors (Lipinski definition) is 3. The Bertz CT molecular complexity index is 562. The lowest BCUT2D eigenvalue weighted by Crippen LogP contribution is -2.37. The Balaban J connectivity index is 2.25. The molecule has 0 aromatic heterocycles. The number of benzene rings is 1. The summed E-state index contributed by atoms with van der Waals surface area (Å²) < 4.78 is 0. The van der Waals surface area contributed by atoms with E-state index >= 15 is 0 Å². The normalized spacial score (nSPS) is 22.9. The Morgan fingerprint density at radius 2 is 1.80 bits per heavy atom. The van der Waals surface area contributed by atoms with Crippen molar-refractivity contribution in [3.05, 3.63) is 33.8 Å². The van der Waals surface area contributed by atoms with Crippen molar-refractivity contribution in [1.29, 1.82) is 0 Å². The average molecular weight is 313 g/mol. The van der Waals surface area contributed by atoms with E-state index in [2.05, 4.69) is 0 Å². The SMILES string of the molecule is CCC(=O)C1C(=O)CC(c2ccc(Cl)cc2Cl)CC1=O. The van der Waals surface area contributed by atoms with Gasteiger partial charge < -0.3 is 0 Å². The van der Waals surface area contributed by atoms with Gasteiger partial charge in [-0.25, -0.2) is 0 Å². The van der Waals surface area contributed by atoms with Crippen LogP contribution in [0, 0.1) is 5.92 Å². The largest absolute Gasteiger partial charge is 0.298 e. The summed E-state index contributed by atoms with van der Waals surface area (Å²) in [7, 11) is 0. The van der Waals surface area contributed by atoms with Crippen molar-refractivity contribution in [3.8, 4) is 0 Å². The topological polar surface area (TPSA) is 51.2 Å². The fourth-order valence-electron chi connectivity index (χ4n) is 2.59. The zero-order valence-electron chi connectivity index (χ0n) is 11.0. The van der Waals surface area contributed by atoms with Crippen molar-refractivity contribution >= 4 is 40.6 Å². The number of halogens is 2. The number of rotatable bonds is 3. The molecule has 0 atom stereocenters. The molecular weight excluding hydrogens is 299 g/mol. The lowest BCUT2D eigenvalue weighted by atomic mass is 9.75. The van der Waals surface area contributed by atoms with E-state index in [1.807, 2.05) is 0 Å². The van der Waals surface area contributed by atoms with Gasteiger partial charge in [0.1, 0.15) is 5.92 Å². The van der Waals surface area contributed by atoms with Crippen molar-refractivity contribution in [3.63, 3.8) is 0 Å². The molecule has 0 saturated heterocycles. The van der Waals surface area contributed by atoms with E-state index in [0.717, 1.165) is 5.56 Å².